The molecule has 6 aromatic rings. The molecule has 3 N–H and O–H groups in total. The second kappa shape index (κ2) is 20.3. The van der Waals surface area contributed by atoms with Crippen LogP contribution >= 0.6 is 23.2 Å². The van der Waals surface area contributed by atoms with Crippen molar-refractivity contribution in [2.45, 2.75) is 44.9 Å². The third-order valence-corrected chi connectivity index (χ3v) is 14.4. The predicted molar refractivity (Wildman–Crippen MR) is 253 cm³/mol. The van der Waals surface area contributed by atoms with E-state index in [1.165, 1.54) is 81.4 Å². The molecule has 4 aromatic carbocycles. The molecular weight excluding hydrogens is 928 g/mol. The first-order valence-corrected chi connectivity index (χ1v) is 22.9. The number of nitro benzene ring substituents is 2. The van der Waals surface area contributed by atoms with Gasteiger partial charge in [0, 0.05) is 42.2 Å². The highest BCUT2D eigenvalue weighted by Gasteiger charge is 2.55. The number of anilines is 4. The molecule has 2 aliphatic heterocycles. The summed E-state index contributed by atoms with van der Waals surface area (Å²) in [6.45, 7) is 5.55. The van der Waals surface area contributed by atoms with Crippen LogP contribution in [-0.2, 0) is 0 Å². The van der Waals surface area contributed by atoms with Gasteiger partial charge in [0.15, 0.2) is 5.75 Å². The molecule has 358 valence electrons. The first-order chi connectivity index (χ1) is 32.6. The van der Waals surface area contributed by atoms with Crippen LogP contribution in [0.25, 0.3) is 21.8 Å². The fourth-order valence-electron chi connectivity index (χ4n) is 9.36. The van der Waals surface area contributed by atoms with Crippen LogP contribution in [0.4, 0.5) is 47.6 Å². The van der Waals surface area contributed by atoms with E-state index in [0.717, 1.165) is 62.9 Å². The second-order valence-corrected chi connectivity index (χ2v) is 18.9. The average Bonchev–Trinajstić information content (AvgIpc) is 4.21. The van der Waals surface area contributed by atoms with Gasteiger partial charge < -0.3 is 30.3 Å². The topological polar surface area (TPSA) is 198 Å². The quantitative estimate of drug-likeness (QED) is 0.0818. The summed E-state index contributed by atoms with van der Waals surface area (Å²) in [6.07, 6.45) is 11.1. The van der Waals surface area contributed by atoms with E-state index in [-0.39, 0.29) is 38.2 Å². The van der Waals surface area contributed by atoms with Gasteiger partial charge in [-0.2, -0.15) is 4.39 Å². The van der Waals surface area contributed by atoms with Crippen molar-refractivity contribution < 1.29 is 32.9 Å². The number of halogens is 5. The van der Waals surface area contributed by atoms with Crippen molar-refractivity contribution in [3.8, 4) is 5.75 Å². The zero-order valence-electron chi connectivity index (χ0n) is 37.2. The summed E-state index contributed by atoms with van der Waals surface area (Å²) in [6, 6.07) is 13.1. The van der Waals surface area contributed by atoms with Gasteiger partial charge in [-0.05, 0) is 144 Å². The van der Waals surface area contributed by atoms with Gasteiger partial charge >= 0.3 is 11.4 Å². The number of aromatic nitrogens is 4. The van der Waals surface area contributed by atoms with E-state index >= 15 is 0 Å². The lowest BCUT2D eigenvalue weighted by Gasteiger charge is -2.30. The van der Waals surface area contributed by atoms with Gasteiger partial charge in [-0.3, -0.25) is 20.2 Å². The van der Waals surface area contributed by atoms with Gasteiger partial charge in [0.05, 0.1) is 48.3 Å². The van der Waals surface area contributed by atoms with E-state index < -0.39 is 33.0 Å². The minimum atomic E-state index is -0.989. The lowest BCUT2D eigenvalue weighted by atomic mass is 9.90. The molecule has 2 spiro atoms. The van der Waals surface area contributed by atoms with Gasteiger partial charge in [-0.15, -0.1) is 0 Å². The molecule has 2 aromatic heterocycles. The summed E-state index contributed by atoms with van der Waals surface area (Å²) in [5, 5.41) is 38.0. The molecular formula is C47H49Cl2F3N10O6. The molecule has 2 aliphatic carbocycles. The first-order valence-electron chi connectivity index (χ1n) is 22.1. The molecule has 4 fully saturated rings. The highest BCUT2D eigenvalue weighted by Crippen LogP contribution is 2.61. The van der Waals surface area contributed by atoms with Crippen LogP contribution in [0.5, 0.6) is 5.75 Å². The first kappa shape index (κ1) is 48.5. The summed E-state index contributed by atoms with van der Waals surface area (Å²) in [4.78, 5) is 42.5. The minimum absolute atomic E-state index is 0.0394. The molecule has 0 amide bonds. The van der Waals surface area contributed by atoms with E-state index in [2.05, 4.69) is 54.5 Å². The molecule has 16 nitrogen and oxygen atoms in total. The van der Waals surface area contributed by atoms with Gasteiger partial charge in [-0.1, -0.05) is 23.2 Å². The third-order valence-electron chi connectivity index (χ3n) is 13.8. The van der Waals surface area contributed by atoms with Crippen molar-refractivity contribution in [1.82, 2.24) is 29.7 Å². The van der Waals surface area contributed by atoms with Crippen LogP contribution in [0, 0.1) is 60.3 Å². The smallest absolute Gasteiger partial charge is 0.311 e. The van der Waals surface area contributed by atoms with Crippen LogP contribution in [0.3, 0.4) is 0 Å². The number of benzene rings is 4. The monoisotopic (exact) mass is 976 g/mol. The Morgan fingerprint density at radius 1 is 0.691 bits per heavy atom. The standard InChI is InChI=1S/C23H23ClFN5O3.C14H7ClF2N4O2.C10H19NO/c1-29-6-4-23(5-7-29)11-14(23)12-33-21-10-19-16(9-20(21)30(31)32)22(27-13-26-19)28-15-2-3-18(25)17(24)8-15;15-9-3-7(1-2-10(9)16)20-14-8-4-13(21(22)23)11(17)5-12(8)18-6-19-14;1-11-5-3-10(4-6-11)8-9(10)2-7-12/h2-3,8-10,13-14H,4-7,11-12H2,1H3,(H,26,27,28);1-6H,(H,18,19,20);9,12H,2-8H2,1H3. The van der Waals surface area contributed by atoms with E-state index in [1.54, 1.807) is 6.07 Å². The molecule has 68 heavy (non-hydrogen) atoms. The summed E-state index contributed by atoms with van der Waals surface area (Å²) in [5.74, 6) is -0.0598. The molecule has 2 atom stereocenters. The lowest BCUT2D eigenvalue weighted by Crippen LogP contribution is -2.32. The maximum atomic E-state index is 13.6. The van der Waals surface area contributed by atoms with Crippen LogP contribution in [0.2, 0.25) is 10.0 Å². The SMILES string of the molecule is CN1CCC2(CC1)CC2CCO.CN1CCC2(CC1)CC2COc1cc2ncnc(Nc3ccc(F)c(Cl)c3)c2cc1[N+](=O)[O-].O=[N+]([O-])c1cc2c(Nc3ccc(F)c(Cl)c3)ncnc2cc1F. The van der Waals surface area contributed by atoms with Crippen LogP contribution < -0.4 is 15.4 Å². The van der Waals surface area contributed by atoms with Gasteiger partial charge in [0.25, 0.3) is 0 Å². The predicted octanol–water partition coefficient (Wildman–Crippen LogP) is 10.5. The van der Waals surface area contributed by atoms with Crippen LogP contribution in [0.1, 0.15) is 44.9 Å². The Morgan fingerprint density at radius 3 is 1.65 bits per heavy atom. The number of nitrogens with one attached hydrogen (secondary N) is 2. The summed E-state index contributed by atoms with van der Waals surface area (Å²) in [5.41, 5.74) is 1.79. The van der Waals surface area contributed by atoms with E-state index in [4.69, 9.17) is 33.0 Å². The Bertz CT molecular complexity index is 2850. The highest BCUT2D eigenvalue weighted by atomic mass is 35.5. The van der Waals surface area contributed by atoms with Gasteiger partial charge in [-0.25, -0.2) is 28.7 Å². The lowest BCUT2D eigenvalue weighted by molar-refractivity contribution is -0.387. The van der Waals surface area contributed by atoms with E-state index in [1.807, 2.05) is 0 Å². The maximum Gasteiger partial charge on any atom is 0.311 e. The molecule has 21 heteroatoms. The number of likely N-dealkylation sites (tertiary alicyclic amines) is 2. The number of hydrogen-bond acceptors (Lipinski definition) is 14. The molecule has 0 radical (unpaired) electrons. The number of nitrogens with zero attached hydrogens (tertiary/aromatic N) is 8. The largest absolute Gasteiger partial charge is 0.486 e. The van der Waals surface area contributed by atoms with Crippen LogP contribution in [0.15, 0.2) is 73.3 Å². The number of aliphatic hydroxyl groups is 1. The summed E-state index contributed by atoms with van der Waals surface area (Å²) >= 11 is 11.6. The normalized spacial score (nSPS) is 19.1. The number of hydrogen-bond donors (Lipinski definition) is 3. The fraction of sp³-hybridized carbons (Fsp3) is 0.404. The maximum absolute atomic E-state index is 13.6. The van der Waals surface area contributed by atoms with Crippen molar-refractivity contribution in [2.75, 3.05) is 64.1 Å². The molecule has 0 bridgehead atoms. The number of aliphatic hydroxyl groups excluding tert-OH is 1. The van der Waals surface area contributed by atoms with Crippen molar-refractivity contribution in [2.24, 2.45) is 22.7 Å². The number of rotatable bonds is 11. The number of piperidine rings is 2. The fourth-order valence-corrected chi connectivity index (χ4v) is 9.72. The Balaban J connectivity index is 0.000000154. The minimum Gasteiger partial charge on any atom is -0.486 e. The molecule has 2 unspecified atom stereocenters. The Hall–Kier alpha value is -5.99. The molecule has 10 rings (SSSR count). The van der Waals surface area contributed by atoms with Gasteiger partial charge in [0.2, 0.25) is 5.82 Å². The van der Waals surface area contributed by atoms with Crippen molar-refractivity contribution in [3.05, 3.63) is 121 Å². The van der Waals surface area contributed by atoms with Crippen LogP contribution in [-0.4, -0.2) is 98.2 Å². The van der Waals surface area contributed by atoms with Crippen molar-refractivity contribution >= 4 is 79.4 Å². The highest BCUT2D eigenvalue weighted by molar-refractivity contribution is 6.31. The van der Waals surface area contributed by atoms with Gasteiger partial charge in [0.1, 0.15) is 35.9 Å². The average molecular weight is 978 g/mol. The number of ether oxygens (including phenoxy) is 1. The number of nitro groups is 2. The molecule has 2 saturated heterocycles. The Morgan fingerprint density at radius 2 is 1.16 bits per heavy atom. The summed E-state index contributed by atoms with van der Waals surface area (Å²) < 4.78 is 46.3. The molecule has 2 saturated carbocycles. The zero-order chi connectivity index (χ0) is 48.3. The van der Waals surface area contributed by atoms with Crippen molar-refractivity contribution in [1.29, 1.82) is 0 Å². The van der Waals surface area contributed by atoms with E-state index in [9.17, 15) is 33.4 Å². The zero-order valence-corrected chi connectivity index (χ0v) is 38.7. The molecule has 4 heterocycles. The molecule has 4 aliphatic rings. The second-order valence-electron chi connectivity index (χ2n) is 18.1. The summed E-state index contributed by atoms with van der Waals surface area (Å²) in [7, 11) is 4.34. The van der Waals surface area contributed by atoms with Crippen molar-refractivity contribution in [3.63, 3.8) is 0 Å². The number of fused-ring (bicyclic) bond motifs is 2. The van der Waals surface area contributed by atoms with E-state index in [0.29, 0.717) is 58.1 Å². The third kappa shape index (κ3) is 11.0. The Labute approximate surface area is 399 Å². The Kier molecular flexibility index (Phi) is 14.5.